The molecule has 0 radical (unpaired) electrons. The van der Waals surface area contributed by atoms with Crippen LogP contribution in [0.2, 0.25) is 0 Å². The van der Waals surface area contributed by atoms with Gasteiger partial charge in [-0.2, -0.15) is 0 Å². The number of halogens is 1. The van der Waals surface area contributed by atoms with Crippen molar-refractivity contribution in [2.24, 2.45) is 4.99 Å². The number of hydrogen-bond acceptors (Lipinski definition) is 5. The number of rotatable bonds is 5. The van der Waals surface area contributed by atoms with Crippen molar-refractivity contribution >= 4 is 28.0 Å². The van der Waals surface area contributed by atoms with Crippen LogP contribution in [0.5, 0.6) is 0 Å². The summed E-state index contributed by atoms with van der Waals surface area (Å²) in [6.45, 7) is 3.45. The summed E-state index contributed by atoms with van der Waals surface area (Å²) in [4.78, 5) is 16.2. The van der Waals surface area contributed by atoms with Crippen molar-refractivity contribution in [1.82, 2.24) is 4.72 Å². The number of carbonyl (C=O) groups is 1. The van der Waals surface area contributed by atoms with Crippen molar-refractivity contribution in [3.8, 4) is 0 Å². The molecule has 0 saturated heterocycles. The van der Waals surface area contributed by atoms with Gasteiger partial charge < -0.3 is 4.74 Å². The van der Waals surface area contributed by atoms with Gasteiger partial charge in [-0.3, -0.25) is 0 Å². The average molecular weight is 388 g/mol. The Morgan fingerprint density at radius 2 is 1.78 bits per heavy atom. The Bertz CT molecular complexity index is 1040. The fourth-order valence-corrected chi connectivity index (χ4v) is 3.68. The molecule has 8 heteroatoms. The number of aliphatic imine (C=N–C) groups is 1. The molecule has 140 valence electrons. The molecule has 0 spiro atoms. The predicted molar refractivity (Wildman–Crippen MR) is 98.9 cm³/mol. The van der Waals surface area contributed by atoms with Gasteiger partial charge in [0.2, 0.25) is 15.9 Å². The second-order valence-electron chi connectivity index (χ2n) is 6.16. The van der Waals surface area contributed by atoms with E-state index in [2.05, 4.69) is 9.71 Å². The van der Waals surface area contributed by atoms with Crippen molar-refractivity contribution in [1.29, 1.82) is 0 Å². The number of esters is 1. The van der Waals surface area contributed by atoms with E-state index in [0.717, 1.165) is 0 Å². The van der Waals surface area contributed by atoms with Crippen molar-refractivity contribution in [2.75, 3.05) is 0 Å². The largest absolute Gasteiger partial charge is 0.402 e. The number of cyclic esters (lactones) is 1. The van der Waals surface area contributed by atoms with Crippen LogP contribution in [0, 0.1) is 5.82 Å². The van der Waals surface area contributed by atoms with Crippen molar-refractivity contribution in [3.05, 3.63) is 71.2 Å². The molecular formula is C19H17FN2O4S. The molecule has 0 aromatic heterocycles. The molecule has 1 N–H and O–H groups in total. The molecule has 2 aromatic carbocycles. The molecule has 0 atom stereocenters. The van der Waals surface area contributed by atoms with Gasteiger partial charge in [-0.15, -0.1) is 0 Å². The van der Waals surface area contributed by atoms with Crippen LogP contribution in [0.25, 0.3) is 6.08 Å². The second-order valence-corrected chi connectivity index (χ2v) is 7.87. The molecule has 0 aliphatic carbocycles. The fraction of sp³-hybridized carbons (Fsp3) is 0.158. The molecule has 1 aliphatic heterocycles. The average Bonchev–Trinajstić information content (AvgIpc) is 2.97. The highest BCUT2D eigenvalue weighted by Gasteiger charge is 2.25. The zero-order valence-electron chi connectivity index (χ0n) is 14.6. The van der Waals surface area contributed by atoms with E-state index >= 15 is 0 Å². The van der Waals surface area contributed by atoms with E-state index < -0.39 is 21.8 Å². The SMILES string of the molecule is CC(C)NS(=O)(=O)c1ccc(C2=N/C(=C\c3ccccc3F)C(=O)O2)cc1. The lowest BCUT2D eigenvalue weighted by atomic mass is 10.2. The summed E-state index contributed by atoms with van der Waals surface area (Å²) in [7, 11) is -3.62. The lowest BCUT2D eigenvalue weighted by Crippen LogP contribution is -2.30. The highest BCUT2D eigenvalue weighted by molar-refractivity contribution is 7.89. The van der Waals surface area contributed by atoms with Gasteiger partial charge in [-0.05, 0) is 50.3 Å². The first-order chi connectivity index (χ1) is 12.8. The minimum absolute atomic E-state index is 0.0309. The summed E-state index contributed by atoms with van der Waals surface area (Å²) < 4.78 is 45.6. The third kappa shape index (κ3) is 4.29. The summed E-state index contributed by atoms with van der Waals surface area (Å²) in [5, 5.41) is 0. The van der Waals surface area contributed by atoms with Gasteiger partial charge >= 0.3 is 5.97 Å². The minimum atomic E-state index is -3.62. The van der Waals surface area contributed by atoms with E-state index in [-0.39, 0.29) is 28.1 Å². The summed E-state index contributed by atoms with van der Waals surface area (Å²) >= 11 is 0. The Morgan fingerprint density at radius 1 is 1.11 bits per heavy atom. The molecule has 6 nitrogen and oxygen atoms in total. The summed E-state index contributed by atoms with van der Waals surface area (Å²) in [5.41, 5.74) is 0.618. The Morgan fingerprint density at radius 3 is 2.41 bits per heavy atom. The Labute approximate surface area is 156 Å². The molecule has 2 aromatic rings. The monoisotopic (exact) mass is 388 g/mol. The van der Waals surface area contributed by atoms with Crippen LogP contribution in [-0.4, -0.2) is 26.3 Å². The quantitative estimate of drug-likeness (QED) is 0.631. The van der Waals surface area contributed by atoms with E-state index in [1.165, 1.54) is 42.5 Å². The van der Waals surface area contributed by atoms with Crippen LogP contribution in [0.1, 0.15) is 25.0 Å². The normalized spacial score (nSPS) is 15.9. The Kier molecular flexibility index (Phi) is 5.20. The van der Waals surface area contributed by atoms with Gasteiger partial charge in [0.1, 0.15) is 5.82 Å². The number of nitrogens with one attached hydrogen (secondary N) is 1. The van der Waals surface area contributed by atoms with Gasteiger partial charge in [0, 0.05) is 17.2 Å². The van der Waals surface area contributed by atoms with Crippen LogP contribution < -0.4 is 4.72 Å². The molecule has 3 rings (SSSR count). The third-order valence-electron chi connectivity index (χ3n) is 3.62. The smallest absolute Gasteiger partial charge is 0.363 e. The molecule has 0 fully saturated rings. The minimum Gasteiger partial charge on any atom is -0.402 e. The fourth-order valence-electron chi connectivity index (χ4n) is 2.43. The van der Waals surface area contributed by atoms with Crippen molar-refractivity contribution < 1.29 is 22.3 Å². The molecule has 0 bridgehead atoms. The first-order valence-corrected chi connectivity index (χ1v) is 9.64. The molecule has 0 saturated carbocycles. The molecule has 27 heavy (non-hydrogen) atoms. The zero-order valence-corrected chi connectivity index (χ0v) is 15.5. The van der Waals surface area contributed by atoms with Gasteiger partial charge in [-0.1, -0.05) is 18.2 Å². The number of hydrogen-bond donors (Lipinski definition) is 1. The lowest BCUT2D eigenvalue weighted by Gasteiger charge is -2.09. The van der Waals surface area contributed by atoms with E-state index in [1.54, 1.807) is 26.0 Å². The summed E-state index contributed by atoms with van der Waals surface area (Å²) in [5.74, 6) is -1.15. The van der Waals surface area contributed by atoms with E-state index in [4.69, 9.17) is 4.74 Å². The van der Waals surface area contributed by atoms with Crippen LogP contribution in [-0.2, 0) is 19.6 Å². The van der Waals surface area contributed by atoms with E-state index in [9.17, 15) is 17.6 Å². The summed E-state index contributed by atoms with van der Waals surface area (Å²) in [6, 6.07) is 11.5. The van der Waals surface area contributed by atoms with Crippen LogP contribution in [0.15, 0.2) is 64.1 Å². The van der Waals surface area contributed by atoms with Gasteiger partial charge in [0.05, 0.1) is 4.90 Å². The highest BCUT2D eigenvalue weighted by atomic mass is 32.2. The first kappa shape index (κ1) is 18.9. The molecule has 0 amide bonds. The number of nitrogens with zero attached hydrogens (tertiary/aromatic N) is 1. The van der Waals surface area contributed by atoms with Crippen molar-refractivity contribution in [2.45, 2.75) is 24.8 Å². The third-order valence-corrected chi connectivity index (χ3v) is 5.29. The Hall–Kier alpha value is -2.84. The van der Waals surface area contributed by atoms with Crippen LogP contribution in [0.3, 0.4) is 0 Å². The van der Waals surface area contributed by atoms with Crippen LogP contribution in [0.4, 0.5) is 4.39 Å². The van der Waals surface area contributed by atoms with E-state index in [1.807, 2.05) is 0 Å². The van der Waals surface area contributed by atoms with Crippen LogP contribution >= 0.6 is 0 Å². The first-order valence-electron chi connectivity index (χ1n) is 8.16. The number of ether oxygens (including phenoxy) is 1. The molecule has 1 heterocycles. The maximum Gasteiger partial charge on any atom is 0.363 e. The number of sulfonamides is 1. The van der Waals surface area contributed by atoms with Gasteiger partial charge in [-0.25, -0.2) is 27.3 Å². The predicted octanol–water partition coefficient (Wildman–Crippen LogP) is 2.86. The molecule has 0 unspecified atom stereocenters. The second kappa shape index (κ2) is 7.42. The van der Waals surface area contributed by atoms with Crippen molar-refractivity contribution in [3.63, 3.8) is 0 Å². The maximum absolute atomic E-state index is 13.7. The lowest BCUT2D eigenvalue weighted by molar-refractivity contribution is -0.129. The van der Waals surface area contributed by atoms with Gasteiger partial charge in [0.15, 0.2) is 5.70 Å². The number of carbonyl (C=O) groups excluding carboxylic acids is 1. The molecule has 1 aliphatic rings. The number of benzene rings is 2. The summed E-state index contributed by atoms with van der Waals surface area (Å²) in [6.07, 6.45) is 1.30. The molecular weight excluding hydrogens is 371 g/mol. The Balaban J connectivity index is 1.87. The van der Waals surface area contributed by atoms with Gasteiger partial charge in [0.25, 0.3) is 0 Å². The highest BCUT2D eigenvalue weighted by Crippen LogP contribution is 2.21. The maximum atomic E-state index is 13.7. The zero-order chi connectivity index (χ0) is 19.6. The topological polar surface area (TPSA) is 84.8 Å². The van der Waals surface area contributed by atoms with E-state index in [0.29, 0.717) is 5.56 Å². The standard InChI is InChI=1S/C19H17FN2O4S/c1-12(2)22-27(24,25)15-9-7-13(8-10-15)18-21-17(19(23)26-18)11-14-5-3-4-6-16(14)20/h3-12,22H,1-2H3/b17-11-.